The molecule has 0 radical (unpaired) electrons. The molecule has 1 heterocycles. The van der Waals surface area contributed by atoms with Gasteiger partial charge in [-0.1, -0.05) is 46.3 Å². The summed E-state index contributed by atoms with van der Waals surface area (Å²) in [6.07, 6.45) is 0. The summed E-state index contributed by atoms with van der Waals surface area (Å²) in [5.74, 6) is -0.111. The quantitative estimate of drug-likeness (QED) is 0.599. The van der Waals surface area contributed by atoms with Gasteiger partial charge in [0, 0.05) is 21.2 Å². The summed E-state index contributed by atoms with van der Waals surface area (Å²) in [5.41, 5.74) is 2.35. The fourth-order valence-electron chi connectivity index (χ4n) is 3.00. The molecule has 1 aliphatic rings. The number of carbonyl (C=O) groups excluding carboxylic acids is 1. The molecular weight excluding hydrogens is 412 g/mol. The molecule has 0 bridgehead atoms. The second-order valence-corrected chi connectivity index (χ2v) is 8.15. The van der Waals surface area contributed by atoms with Crippen molar-refractivity contribution in [3.63, 3.8) is 0 Å². The molecule has 3 nitrogen and oxygen atoms in total. The lowest BCUT2D eigenvalue weighted by molar-refractivity contribution is 0.105. The van der Waals surface area contributed by atoms with Crippen molar-refractivity contribution >= 4 is 43.0 Å². The molecule has 1 unspecified atom stereocenters. The molecule has 0 aliphatic carbocycles. The number of rotatable bonds is 3. The van der Waals surface area contributed by atoms with Gasteiger partial charge in [-0.25, -0.2) is 4.21 Å². The van der Waals surface area contributed by atoms with Gasteiger partial charge in [-0.2, -0.15) is 0 Å². The summed E-state index contributed by atoms with van der Waals surface area (Å²) >= 11 is 3.40. The van der Waals surface area contributed by atoms with Crippen LogP contribution in [0.4, 0.5) is 0 Å². The third kappa shape index (κ3) is 2.83. The number of allylic oxidation sites excluding steroid dienone is 1. The van der Waals surface area contributed by atoms with Gasteiger partial charge < -0.3 is 5.11 Å². The van der Waals surface area contributed by atoms with Gasteiger partial charge in [0.15, 0.2) is 5.78 Å². The van der Waals surface area contributed by atoms with Crippen LogP contribution in [-0.4, -0.2) is 15.1 Å². The Bertz CT molecular complexity index is 1070. The highest BCUT2D eigenvalue weighted by atomic mass is 79.9. The number of hydrogen-bond acceptors (Lipinski definition) is 3. The normalized spacial score (nSPS) is 15.8. The molecule has 0 aromatic heterocycles. The third-order valence-electron chi connectivity index (χ3n) is 4.23. The number of aromatic hydroxyl groups is 1. The molecular formula is C21H13BrO3S. The molecule has 1 N–H and O–H groups in total. The molecule has 0 amide bonds. The Morgan fingerprint density at radius 3 is 2.23 bits per heavy atom. The predicted octanol–water partition coefficient (Wildman–Crippen LogP) is 5.03. The molecule has 3 aromatic carbocycles. The Morgan fingerprint density at radius 2 is 1.54 bits per heavy atom. The van der Waals surface area contributed by atoms with Crippen LogP contribution in [0.25, 0.3) is 10.5 Å². The van der Waals surface area contributed by atoms with Crippen LogP contribution in [0.15, 0.2) is 82.2 Å². The zero-order valence-electron chi connectivity index (χ0n) is 13.5. The minimum atomic E-state index is -1.43. The molecule has 0 saturated carbocycles. The van der Waals surface area contributed by atoms with Gasteiger partial charge in [-0.3, -0.25) is 4.79 Å². The van der Waals surface area contributed by atoms with Crippen LogP contribution >= 0.6 is 15.9 Å². The first-order valence-corrected chi connectivity index (χ1v) is 9.85. The van der Waals surface area contributed by atoms with E-state index in [0.717, 1.165) is 10.0 Å². The van der Waals surface area contributed by atoms with Crippen molar-refractivity contribution < 1.29 is 14.1 Å². The largest absolute Gasteiger partial charge is 0.508 e. The van der Waals surface area contributed by atoms with E-state index in [4.69, 9.17) is 0 Å². The van der Waals surface area contributed by atoms with Crippen LogP contribution < -0.4 is 0 Å². The summed E-state index contributed by atoms with van der Waals surface area (Å²) in [6.45, 7) is 0. The first kappa shape index (κ1) is 16.9. The topological polar surface area (TPSA) is 54.4 Å². The van der Waals surface area contributed by atoms with E-state index < -0.39 is 10.8 Å². The molecule has 0 spiro atoms. The van der Waals surface area contributed by atoms with Crippen molar-refractivity contribution in [2.45, 2.75) is 4.90 Å². The van der Waals surface area contributed by atoms with Crippen molar-refractivity contribution in [2.75, 3.05) is 0 Å². The number of phenols is 1. The van der Waals surface area contributed by atoms with Gasteiger partial charge in [-0.15, -0.1) is 0 Å². The highest BCUT2D eigenvalue weighted by molar-refractivity contribution is 9.10. The molecule has 4 rings (SSSR count). The van der Waals surface area contributed by atoms with Gasteiger partial charge in [-0.05, 0) is 48.0 Å². The minimum absolute atomic E-state index is 0.0964. The first-order valence-electron chi connectivity index (χ1n) is 7.91. The molecule has 1 aliphatic heterocycles. The SMILES string of the molecule is O=C(C1=C(c2ccc(Br)cc2)S(=O)c2ccccc21)c1ccc(O)cc1. The van der Waals surface area contributed by atoms with Crippen LogP contribution in [-0.2, 0) is 10.8 Å². The molecule has 0 fully saturated rings. The average molecular weight is 425 g/mol. The highest BCUT2D eigenvalue weighted by Crippen LogP contribution is 2.43. The zero-order valence-corrected chi connectivity index (χ0v) is 15.9. The maximum absolute atomic E-state index is 13.2. The zero-order chi connectivity index (χ0) is 18.3. The van der Waals surface area contributed by atoms with E-state index in [-0.39, 0.29) is 11.5 Å². The summed E-state index contributed by atoms with van der Waals surface area (Å²) in [7, 11) is -1.43. The number of carbonyl (C=O) groups is 1. The van der Waals surface area contributed by atoms with Crippen molar-refractivity contribution in [1.29, 1.82) is 0 Å². The van der Waals surface area contributed by atoms with E-state index in [2.05, 4.69) is 15.9 Å². The number of halogens is 1. The molecule has 3 aromatic rings. The monoisotopic (exact) mass is 424 g/mol. The maximum Gasteiger partial charge on any atom is 0.194 e. The molecule has 26 heavy (non-hydrogen) atoms. The van der Waals surface area contributed by atoms with Gasteiger partial charge >= 0.3 is 0 Å². The first-order chi connectivity index (χ1) is 12.6. The van der Waals surface area contributed by atoms with Crippen LogP contribution in [0.2, 0.25) is 0 Å². The Hall–Kier alpha value is -2.50. The van der Waals surface area contributed by atoms with E-state index in [1.165, 1.54) is 12.1 Å². The summed E-state index contributed by atoms with van der Waals surface area (Å²) in [5, 5.41) is 9.48. The highest BCUT2D eigenvalue weighted by Gasteiger charge is 2.33. The van der Waals surface area contributed by atoms with Crippen LogP contribution in [0.5, 0.6) is 5.75 Å². The maximum atomic E-state index is 13.2. The number of fused-ring (bicyclic) bond motifs is 1. The lowest BCUT2D eigenvalue weighted by Crippen LogP contribution is -2.03. The van der Waals surface area contributed by atoms with Crippen LogP contribution in [0.1, 0.15) is 21.5 Å². The third-order valence-corrected chi connectivity index (χ3v) is 6.33. The lowest BCUT2D eigenvalue weighted by atomic mass is 9.95. The van der Waals surface area contributed by atoms with E-state index in [1.807, 2.05) is 42.5 Å². The fraction of sp³-hybridized carbons (Fsp3) is 0. The lowest BCUT2D eigenvalue weighted by Gasteiger charge is -2.08. The molecule has 5 heteroatoms. The number of hydrogen-bond donors (Lipinski definition) is 1. The standard InChI is InChI=1S/C21H13BrO3S/c22-15-9-5-14(6-10-15)21-19(17-3-1-2-4-18(17)26(21)25)20(24)13-7-11-16(23)12-8-13/h1-12,23H. The Balaban J connectivity index is 1.95. The van der Waals surface area contributed by atoms with E-state index in [1.54, 1.807) is 18.2 Å². The molecule has 128 valence electrons. The van der Waals surface area contributed by atoms with E-state index in [0.29, 0.717) is 26.5 Å². The van der Waals surface area contributed by atoms with Gasteiger partial charge in [0.25, 0.3) is 0 Å². The van der Waals surface area contributed by atoms with E-state index >= 15 is 0 Å². The number of ketones is 1. The minimum Gasteiger partial charge on any atom is -0.508 e. The van der Waals surface area contributed by atoms with Gasteiger partial charge in [0.2, 0.25) is 0 Å². The second-order valence-electron chi connectivity index (χ2n) is 5.85. The van der Waals surface area contributed by atoms with Crippen molar-refractivity contribution in [2.24, 2.45) is 0 Å². The van der Waals surface area contributed by atoms with Crippen molar-refractivity contribution in [3.8, 4) is 5.75 Å². The Labute approximate surface area is 161 Å². The summed E-state index contributed by atoms with van der Waals surface area (Å²) < 4.78 is 14.0. The number of phenolic OH excluding ortho intramolecular Hbond substituents is 1. The van der Waals surface area contributed by atoms with Crippen LogP contribution in [0, 0.1) is 0 Å². The van der Waals surface area contributed by atoms with Crippen molar-refractivity contribution in [3.05, 3.63) is 94.0 Å². The van der Waals surface area contributed by atoms with Crippen molar-refractivity contribution in [1.82, 2.24) is 0 Å². The number of benzene rings is 3. The predicted molar refractivity (Wildman–Crippen MR) is 106 cm³/mol. The Kier molecular flexibility index (Phi) is 4.34. The fourth-order valence-corrected chi connectivity index (χ4v) is 4.79. The summed E-state index contributed by atoms with van der Waals surface area (Å²) in [4.78, 5) is 14.4. The molecule has 0 saturated heterocycles. The number of Topliss-reactive ketones (excluding diaryl/α,β-unsaturated/α-hetero) is 1. The Morgan fingerprint density at radius 1 is 0.885 bits per heavy atom. The van der Waals surface area contributed by atoms with Gasteiger partial charge in [0.05, 0.1) is 20.6 Å². The average Bonchev–Trinajstić information content (AvgIpc) is 2.95. The molecule has 1 atom stereocenters. The van der Waals surface area contributed by atoms with Crippen LogP contribution in [0.3, 0.4) is 0 Å². The van der Waals surface area contributed by atoms with Gasteiger partial charge in [0.1, 0.15) is 5.75 Å². The van der Waals surface area contributed by atoms with E-state index in [9.17, 15) is 14.1 Å². The smallest absolute Gasteiger partial charge is 0.194 e. The second kappa shape index (κ2) is 6.67. The summed E-state index contributed by atoms with van der Waals surface area (Å²) in [6, 6.07) is 20.8.